The number of carbonyl (C=O) groups excluding carboxylic acids is 1. The van der Waals surface area contributed by atoms with E-state index < -0.39 is 0 Å². The van der Waals surface area contributed by atoms with Gasteiger partial charge in [-0.2, -0.15) is 0 Å². The first-order valence-corrected chi connectivity index (χ1v) is 7.67. The van der Waals surface area contributed by atoms with Gasteiger partial charge in [0.25, 0.3) is 0 Å². The number of aliphatic hydroxyl groups excluding tert-OH is 1. The second kappa shape index (κ2) is 6.67. The Morgan fingerprint density at radius 1 is 1.28 bits per heavy atom. The molecule has 3 unspecified atom stereocenters. The van der Waals surface area contributed by atoms with Crippen LogP contribution in [-0.2, 0) is 4.79 Å². The molecule has 2 aliphatic rings. The Hall–Kier alpha value is -0.410. The number of aliphatic hydroxyl groups is 1. The Kier molecular flexibility index (Phi) is 5.19. The van der Waals surface area contributed by atoms with Gasteiger partial charge in [-0.15, -0.1) is 0 Å². The summed E-state index contributed by atoms with van der Waals surface area (Å²) in [5.41, 5.74) is 0. The number of carbonyl (C=O) groups is 1. The van der Waals surface area contributed by atoms with E-state index in [1.807, 2.05) is 6.92 Å². The lowest BCUT2D eigenvalue weighted by atomic mass is 9.79. The van der Waals surface area contributed by atoms with Gasteiger partial charge < -0.3 is 5.11 Å². The normalized spacial score (nSPS) is 32.4. The molecule has 18 heavy (non-hydrogen) atoms. The van der Waals surface area contributed by atoms with Gasteiger partial charge in [-0.05, 0) is 38.6 Å². The first kappa shape index (κ1) is 14.0. The lowest BCUT2D eigenvalue weighted by Crippen LogP contribution is -2.49. The van der Waals surface area contributed by atoms with Crippen molar-refractivity contribution in [1.82, 2.24) is 4.90 Å². The first-order chi connectivity index (χ1) is 8.72. The van der Waals surface area contributed by atoms with E-state index in [0.717, 1.165) is 45.2 Å². The molecule has 1 aliphatic heterocycles. The number of rotatable bonds is 4. The lowest BCUT2D eigenvalue weighted by molar-refractivity contribution is -0.128. The zero-order valence-corrected chi connectivity index (χ0v) is 11.6. The molecule has 0 amide bonds. The third-order valence-corrected chi connectivity index (χ3v) is 4.65. The smallest absolute Gasteiger partial charge is 0.137 e. The van der Waals surface area contributed by atoms with Crippen molar-refractivity contribution in [1.29, 1.82) is 0 Å². The van der Waals surface area contributed by atoms with Crippen molar-refractivity contribution in [3.05, 3.63) is 0 Å². The van der Waals surface area contributed by atoms with Crippen LogP contribution in [-0.4, -0.2) is 41.0 Å². The Balaban J connectivity index is 1.99. The Morgan fingerprint density at radius 3 is 2.78 bits per heavy atom. The molecule has 2 rings (SSSR count). The SMILES string of the molecule is CCC(O)CN1CCCCC1C1CCCCC1=O. The summed E-state index contributed by atoms with van der Waals surface area (Å²) in [4.78, 5) is 14.5. The summed E-state index contributed by atoms with van der Waals surface area (Å²) in [5, 5.41) is 9.87. The highest BCUT2D eigenvalue weighted by atomic mass is 16.3. The van der Waals surface area contributed by atoms with Gasteiger partial charge in [-0.1, -0.05) is 19.8 Å². The highest BCUT2D eigenvalue weighted by molar-refractivity contribution is 5.82. The lowest BCUT2D eigenvalue weighted by Gasteiger charge is -2.41. The van der Waals surface area contributed by atoms with Crippen LogP contribution in [0, 0.1) is 5.92 Å². The maximum absolute atomic E-state index is 12.1. The van der Waals surface area contributed by atoms with Gasteiger partial charge >= 0.3 is 0 Å². The Labute approximate surface area is 111 Å². The van der Waals surface area contributed by atoms with E-state index in [0.29, 0.717) is 11.8 Å². The second-order valence-electron chi connectivity index (χ2n) is 5.94. The van der Waals surface area contributed by atoms with E-state index in [1.54, 1.807) is 0 Å². The van der Waals surface area contributed by atoms with Gasteiger partial charge in [0, 0.05) is 24.9 Å². The third-order valence-electron chi connectivity index (χ3n) is 4.65. The zero-order chi connectivity index (χ0) is 13.0. The minimum Gasteiger partial charge on any atom is -0.392 e. The number of piperidine rings is 1. The minimum atomic E-state index is -0.232. The number of Topliss-reactive ketones (excluding diaryl/α,β-unsaturated/α-hetero) is 1. The summed E-state index contributed by atoms with van der Waals surface area (Å²) in [5.74, 6) is 0.729. The molecule has 0 aromatic carbocycles. The van der Waals surface area contributed by atoms with Crippen LogP contribution in [0.5, 0.6) is 0 Å². The quantitative estimate of drug-likeness (QED) is 0.836. The van der Waals surface area contributed by atoms with Crippen LogP contribution < -0.4 is 0 Å². The largest absolute Gasteiger partial charge is 0.392 e. The molecule has 1 heterocycles. The van der Waals surface area contributed by atoms with Gasteiger partial charge in [0.2, 0.25) is 0 Å². The van der Waals surface area contributed by atoms with E-state index in [4.69, 9.17) is 0 Å². The predicted molar refractivity (Wildman–Crippen MR) is 72.5 cm³/mol. The molecule has 3 nitrogen and oxygen atoms in total. The molecule has 0 bridgehead atoms. The average Bonchev–Trinajstić information content (AvgIpc) is 2.40. The van der Waals surface area contributed by atoms with Crippen LogP contribution >= 0.6 is 0 Å². The molecule has 3 heteroatoms. The van der Waals surface area contributed by atoms with Gasteiger partial charge in [0.15, 0.2) is 0 Å². The van der Waals surface area contributed by atoms with Crippen LogP contribution in [0.4, 0.5) is 0 Å². The van der Waals surface area contributed by atoms with Gasteiger partial charge in [0.1, 0.15) is 5.78 Å². The van der Waals surface area contributed by atoms with Crippen molar-refractivity contribution >= 4 is 5.78 Å². The molecule has 1 N–H and O–H groups in total. The van der Waals surface area contributed by atoms with E-state index >= 15 is 0 Å². The Morgan fingerprint density at radius 2 is 2.06 bits per heavy atom. The van der Waals surface area contributed by atoms with Crippen LogP contribution in [0.1, 0.15) is 58.3 Å². The summed E-state index contributed by atoms with van der Waals surface area (Å²) in [6, 6.07) is 0.410. The zero-order valence-electron chi connectivity index (χ0n) is 11.6. The fraction of sp³-hybridized carbons (Fsp3) is 0.933. The molecule has 104 valence electrons. The van der Waals surface area contributed by atoms with E-state index in [1.165, 1.54) is 19.3 Å². The molecular weight excluding hydrogens is 226 g/mol. The van der Waals surface area contributed by atoms with Crippen LogP contribution in [0.3, 0.4) is 0 Å². The standard InChI is InChI=1S/C15H27NO2/c1-2-12(17)11-16-10-6-5-8-14(16)13-7-3-4-9-15(13)18/h12-14,17H,2-11H2,1H3. The highest BCUT2D eigenvalue weighted by Crippen LogP contribution is 2.31. The molecule has 0 aromatic heterocycles. The Bertz CT molecular complexity index is 280. The van der Waals surface area contributed by atoms with E-state index in [9.17, 15) is 9.90 Å². The van der Waals surface area contributed by atoms with Crippen LogP contribution in [0.25, 0.3) is 0 Å². The minimum absolute atomic E-state index is 0.232. The summed E-state index contributed by atoms with van der Waals surface area (Å²) < 4.78 is 0. The molecule has 1 saturated carbocycles. The number of hydrogen-bond acceptors (Lipinski definition) is 3. The molecule has 0 radical (unpaired) electrons. The number of hydrogen-bond donors (Lipinski definition) is 1. The van der Waals surface area contributed by atoms with Crippen molar-refractivity contribution in [2.45, 2.75) is 70.4 Å². The number of β-amino-alcohol motifs (C(OH)–C–C–N with tert-alkyl or cyclic N) is 1. The molecular formula is C15H27NO2. The topological polar surface area (TPSA) is 40.5 Å². The summed E-state index contributed by atoms with van der Waals surface area (Å²) in [7, 11) is 0. The first-order valence-electron chi connectivity index (χ1n) is 7.67. The molecule has 2 fully saturated rings. The average molecular weight is 253 g/mol. The van der Waals surface area contributed by atoms with Crippen molar-refractivity contribution in [2.24, 2.45) is 5.92 Å². The molecule has 1 aliphatic carbocycles. The number of ketones is 1. The van der Waals surface area contributed by atoms with E-state index in [-0.39, 0.29) is 12.0 Å². The summed E-state index contributed by atoms with van der Waals surface area (Å²) >= 11 is 0. The van der Waals surface area contributed by atoms with Crippen molar-refractivity contribution < 1.29 is 9.90 Å². The van der Waals surface area contributed by atoms with Gasteiger partial charge in [-0.25, -0.2) is 0 Å². The fourth-order valence-electron chi connectivity index (χ4n) is 3.52. The van der Waals surface area contributed by atoms with Crippen LogP contribution in [0.15, 0.2) is 0 Å². The van der Waals surface area contributed by atoms with E-state index in [2.05, 4.69) is 4.90 Å². The maximum atomic E-state index is 12.1. The van der Waals surface area contributed by atoms with Gasteiger partial charge in [0.05, 0.1) is 6.10 Å². The number of nitrogens with zero attached hydrogens (tertiary/aromatic N) is 1. The molecule has 0 aromatic rings. The molecule has 1 saturated heterocycles. The number of likely N-dealkylation sites (tertiary alicyclic amines) is 1. The summed E-state index contributed by atoms with van der Waals surface area (Å²) in [6.45, 7) is 3.84. The highest BCUT2D eigenvalue weighted by Gasteiger charge is 2.35. The fourth-order valence-corrected chi connectivity index (χ4v) is 3.52. The van der Waals surface area contributed by atoms with Crippen molar-refractivity contribution in [2.75, 3.05) is 13.1 Å². The molecule has 3 atom stereocenters. The predicted octanol–water partition coefficient (Wildman–Crippen LogP) is 2.37. The van der Waals surface area contributed by atoms with Crippen LogP contribution in [0.2, 0.25) is 0 Å². The summed E-state index contributed by atoms with van der Waals surface area (Å²) in [6.07, 6.45) is 8.32. The third kappa shape index (κ3) is 3.33. The van der Waals surface area contributed by atoms with Gasteiger partial charge in [-0.3, -0.25) is 9.69 Å². The second-order valence-corrected chi connectivity index (χ2v) is 5.94. The molecule has 0 spiro atoms. The monoisotopic (exact) mass is 253 g/mol. The van der Waals surface area contributed by atoms with Crippen molar-refractivity contribution in [3.63, 3.8) is 0 Å². The van der Waals surface area contributed by atoms with Crippen molar-refractivity contribution in [3.8, 4) is 0 Å². The maximum Gasteiger partial charge on any atom is 0.137 e.